The van der Waals surface area contributed by atoms with Crippen molar-refractivity contribution in [2.24, 2.45) is 11.8 Å². The van der Waals surface area contributed by atoms with E-state index in [1.165, 1.54) is 0 Å². The van der Waals surface area contributed by atoms with Gasteiger partial charge in [-0.25, -0.2) is 30.3 Å². The lowest BCUT2D eigenvalue weighted by Crippen LogP contribution is -2.64. The summed E-state index contributed by atoms with van der Waals surface area (Å²) in [5, 5.41) is -0.831. The van der Waals surface area contributed by atoms with Crippen molar-refractivity contribution in [2.75, 3.05) is 26.2 Å². The fraction of sp³-hybridized carbons (Fsp3) is 0.571. The molecule has 1 unspecified atom stereocenters. The molecular weight excluding hydrogens is 603 g/mol. The summed E-state index contributed by atoms with van der Waals surface area (Å²) in [5.41, 5.74) is -1.54. The lowest BCUT2D eigenvalue weighted by atomic mass is 9.64. The zero-order valence-electron chi connectivity index (χ0n) is 22.5. The predicted molar refractivity (Wildman–Crippen MR) is 143 cm³/mol. The number of sulfonamides is 1. The monoisotopic (exact) mass is 634 g/mol. The third kappa shape index (κ3) is 4.72. The number of ether oxygens (including phenoxy) is 1. The van der Waals surface area contributed by atoms with Crippen LogP contribution in [-0.2, 0) is 30.8 Å². The highest BCUT2D eigenvalue weighted by atomic mass is 32.2. The average Bonchev–Trinajstić information content (AvgIpc) is 3.46. The first-order chi connectivity index (χ1) is 19.8. The molecule has 3 aliphatic heterocycles. The molecule has 3 fully saturated rings. The van der Waals surface area contributed by atoms with Crippen LogP contribution in [0.3, 0.4) is 0 Å². The number of hydrogen-bond donors (Lipinski definition) is 1. The summed E-state index contributed by atoms with van der Waals surface area (Å²) in [4.78, 5) is 1.72. The Bertz CT molecular complexity index is 1580. The molecule has 1 aliphatic carbocycles. The number of sulfone groups is 1. The van der Waals surface area contributed by atoms with Gasteiger partial charge in [-0.3, -0.25) is 0 Å². The van der Waals surface area contributed by atoms with Gasteiger partial charge in [-0.05, 0) is 100 Å². The maximum atomic E-state index is 15.7. The number of nitrogens with one attached hydrogen (secondary N) is 1. The molecule has 42 heavy (non-hydrogen) atoms. The molecule has 5 atom stereocenters. The summed E-state index contributed by atoms with van der Waals surface area (Å²) in [7, 11) is -8.39. The van der Waals surface area contributed by atoms with Gasteiger partial charge < -0.3 is 9.64 Å². The molecule has 0 radical (unpaired) electrons. The Hall–Kier alpha value is -2.29. The normalized spacial score (nSPS) is 31.1. The van der Waals surface area contributed by atoms with E-state index in [1.807, 2.05) is 0 Å². The van der Waals surface area contributed by atoms with E-state index in [9.17, 15) is 34.4 Å². The Morgan fingerprint density at radius 2 is 1.69 bits per heavy atom. The van der Waals surface area contributed by atoms with E-state index >= 15 is 4.39 Å². The van der Waals surface area contributed by atoms with Gasteiger partial charge in [0.15, 0.2) is 21.4 Å². The van der Waals surface area contributed by atoms with E-state index in [4.69, 9.17) is 4.74 Å². The molecule has 4 aliphatic rings. The maximum Gasteiger partial charge on any atom is 0.416 e. The molecule has 0 amide bonds. The number of rotatable bonds is 5. The number of nitrogens with zero attached hydrogens (tertiary/aromatic N) is 1. The van der Waals surface area contributed by atoms with Crippen LogP contribution in [0.5, 0.6) is 5.75 Å². The summed E-state index contributed by atoms with van der Waals surface area (Å²) < 4.78 is 132. The largest absolute Gasteiger partial charge is 0.490 e. The third-order valence-corrected chi connectivity index (χ3v) is 14.1. The Morgan fingerprint density at radius 3 is 2.36 bits per heavy atom. The second kappa shape index (κ2) is 10.4. The molecule has 0 spiro atoms. The second-order valence-electron chi connectivity index (χ2n) is 11.7. The highest BCUT2D eigenvalue weighted by Gasteiger charge is 2.64. The van der Waals surface area contributed by atoms with Crippen molar-refractivity contribution >= 4 is 19.9 Å². The van der Waals surface area contributed by atoms with E-state index in [0.717, 1.165) is 50.2 Å². The molecule has 2 saturated heterocycles. The van der Waals surface area contributed by atoms with Gasteiger partial charge in [0.1, 0.15) is 10.6 Å². The highest BCUT2D eigenvalue weighted by Crippen LogP contribution is 2.59. The quantitative estimate of drug-likeness (QED) is 0.483. The molecule has 3 heterocycles. The van der Waals surface area contributed by atoms with Crippen molar-refractivity contribution in [1.29, 1.82) is 0 Å². The van der Waals surface area contributed by atoms with Crippen LogP contribution in [0.25, 0.3) is 0 Å². The van der Waals surface area contributed by atoms with Crippen LogP contribution in [0.15, 0.2) is 41.3 Å². The fourth-order valence-electron chi connectivity index (χ4n) is 7.53. The van der Waals surface area contributed by atoms with Gasteiger partial charge in [-0.15, -0.1) is 0 Å². The van der Waals surface area contributed by atoms with Gasteiger partial charge in [-0.1, -0.05) is 0 Å². The third-order valence-electron chi connectivity index (χ3n) is 9.58. The molecule has 2 aromatic rings. The molecular formula is C28H31F5N2O5S2. The minimum atomic E-state index is -4.70. The minimum Gasteiger partial charge on any atom is -0.490 e. The summed E-state index contributed by atoms with van der Waals surface area (Å²) in [5.74, 6) is -4.11. The van der Waals surface area contributed by atoms with Crippen LogP contribution in [-0.4, -0.2) is 59.3 Å². The summed E-state index contributed by atoms with van der Waals surface area (Å²) in [6, 6.07) is 3.97. The van der Waals surface area contributed by atoms with Crippen LogP contribution in [0, 0.1) is 23.5 Å². The molecule has 0 bridgehead atoms. The minimum absolute atomic E-state index is 0.00843. The summed E-state index contributed by atoms with van der Waals surface area (Å²) >= 11 is 0. The van der Waals surface area contributed by atoms with Crippen LogP contribution in [0.4, 0.5) is 22.0 Å². The van der Waals surface area contributed by atoms with Crippen molar-refractivity contribution in [3.8, 4) is 5.75 Å². The standard InChI is InChI=1S/C28H31F5N2O5S2/c29-22-7-8-23(30)26-25(22)27(41(36,37)18-5-3-17(4-6-18)28(31,32)33)11-9-24-20(21(27)16-40-26)15-19(42(38,39)34-24)10-14-35-12-1-2-13-35/h3-8,19-21,24,34H,1-2,9-16H2/t19-,20?,21+,24-,27+/m1/s1. The Balaban J connectivity index is 1.45. The molecule has 14 heteroatoms. The lowest BCUT2D eigenvalue weighted by molar-refractivity contribution is -0.137. The fourth-order valence-corrected chi connectivity index (χ4v) is 11.7. The van der Waals surface area contributed by atoms with Gasteiger partial charge in [0.05, 0.1) is 27.9 Å². The number of likely N-dealkylation sites (tertiary alicyclic amines) is 1. The van der Waals surface area contributed by atoms with Gasteiger partial charge in [0, 0.05) is 12.0 Å². The molecule has 1 N–H and O–H groups in total. The van der Waals surface area contributed by atoms with Gasteiger partial charge >= 0.3 is 6.18 Å². The van der Waals surface area contributed by atoms with Crippen molar-refractivity contribution in [3.05, 3.63) is 59.2 Å². The SMILES string of the molecule is O=S1(=O)N[C@@H]2CC[C@@]3(S(=O)(=O)c4ccc(C(F)(F)F)cc4)c4c(F)ccc(F)c4OC[C@H]3C2C[C@H]1CCN1CCCC1. The lowest BCUT2D eigenvalue weighted by Gasteiger charge is -2.55. The Morgan fingerprint density at radius 1 is 1.02 bits per heavy atom. The Kier molecular flexibility index (Phi) is 7.38. The smallest absolute Gasteiger partial charge is 0.416 e. The van der Waals surface area contributed by atoms with Crippen molar-refractivity contribution < 1.29 is 43.5 Å². The molecule has 6 rings (SSSR count). The first-order valence-electron chi connectivity index (χ1n) is 14.0. The van der Waals surface area contributed by atoms with E-state index in [0.29, 0.717) is 25.1 Å². The predicted octanol–water partition coefficient (Wildman–Crippen LogP) is 4.62. The number of halogens is 5. The van der Waals surface area contributed by atoms with Crippen molar-refractivity contribution in [2.45, 2.75) is 65.6 Å². The summed E-state index contributed by atoms with van der Waals surface area (Å²) in [6.07, 6.45) is -2.49. The van der Waals surface area contributed by atoms with Crippen LogP contribution in [0.2, 0.25) is 0 Å². The van der Waals surface area contributed by atoms with Gasteiger partial charge in [0.2, 0.25) is 10.0 Å². The first-order valence-corrected chi connectivity index (χ1v) is 17.1. The molecule has 230 valence electrons. The molecule has 1 saturated carbocycles. The van der Waals surface area contributed by atoms with E-state index in [1.54, 1.807) is 0 Å². The zero-order valence-corrected chi connectivity index (χ0v) is 24.2. The molecule has 7 nitrogen and oxygen atoms in total. The number of alkyl halides is 3. The van der Waals surface area contributed by atoms with Crippen molar-refractivity contribution in [3.63, 3.8) is 0 Å². The van der Waals surface area contributed by atoms with E-state index < -0.39 is 87.3 Å². The number of fused-ring (bicyclic) bond motifs is 5. The Labute approximate surface area is 241 Å². The zero-order chi connectivity index (χ0) is 30.1. The van der Waals surface area contributed by atoms with Gasteiger partial charge in [0.25, 0.3) is 0 Å². The average molecular weight is 635 g/mol. The number of hydrogen-bond acceptors (Lipinski definition) is 6. The van der Waals surface area contributed by atoms with Gasteiger partial charge in [-0.2, -0.15) is 13.2 Å². The van der Waals surface area contributed by atoms with Crippen LogP contribution < -0.4 is 9.46 Å². The van der Waals surface area contributed by atoms with Crippen LogP contribution >= 0.6 is 0 Å². The summed E-state index contributed by atoms with van der Waals surface area (Å²) in [6.45, 7) is 1.98. The van der Waals surface area contributed by atoms with Crippen molar-refractivity contribution in [1.82, 2.24) is 9.62 Å². The highest BCUT2D eigenvalue weighted by molar-refractivity contribution is 7.92. The number of benzene rings is 2. The van der Waals surface area contributed by atoms with E-state index in [-0.39, 0.29) is 25.9 Å². The molecule has 2 aromatic carbocycles. The topological polar surface area (TPSA) is 92.8 Å². The van der Waals surface area contributed by atoms with E-state index in [2.05, 4.69) is 9.62 Å². The van der Waals surface area contributed by atoms with Crippen LogP contribution in [0.1, 0.15) is 49.7 Å². The molecule has 0 aromatic heterocycles. The second-order valence-corrected chi connectivity index (χ2v) is 15.9. The maximum absolute atomic E-state index is 15.7. The first kappa shape index (κ1) is 29.8.